The van der Waals surface area contributed by atoms with Crippen LogP contribution in [0.25, 0.3) is 0 Å². The maximum absolute atomic E-state index is 13.5. The van der Waals surface area contributed by atoms with E-state index in [1.54, 1.807) is 37.3 Å². The molecule has 0 aliphatic carbocycles. The average Bonchev–Trinajstić information content (AvgIpc) is 2.41. The fourth-order valence-corrected chi connectivity index (χ4v) is 3.03. The molecule has 2 rings (SSSR count). The fraction of sp³-hybridized carbons (Fsp3) is 0.200. The van der Waals surface area contributed by atoms with Gasteiger partial charge in [-0.2, -0.15) is 0 Å². The van der Waals surface area contributed by atoms with E-state index >= 15 is 0 Å². The summed E-state index contributed by atoms with van der Waals surface area (Å²) in [4.78, 5) is 0. The van der Waals surface area contributed by atoms with Gasteiger partial charge >= 0.3 is 0 Å². The van der Waals surface area contributed by atoms with Gasteiger partial charge in [0.15, 0.2) is 0 Å². The summed E-state index contributed by atoms with van der Waals surface area (Å²) in [5, 5.41) is -0.264. The van der Waals surface area contributed by atoms with E-state index in [1.807, 2.05) is 0 Å². The molecule has 0 aliphatic rings. The monoisotopic (exact) mass is 280 g/mol. The molecular weight excluding hydrogens is 266 g/mol. The lowest BCUT2D eigenvalue weighted by Gasteiger charge is -2.12. The molecule has 0 saturated heterocycles. The Balaban J connectivity index is 2.12. The Bertz CT molecular complexity index is 581. The number of halogens is 2. The molecule has 0 fully saturated rings. The second-order valence-corrected chi connectivity index (χ2v) is 6.07. The lowest BCUT2D eigenvalue weighted by molar-refractivity contribution is 0.614. The summed E-state index contributed by atoms with van der Waals surface area (Å²) in [7, 11) is -1.25. The molecule has 0 N–H and O–H groups in total. The van der Waals surface area contributed by atoms with Crippen molar-refractivity contribution < 1.29 is 13.0 Å². The molecule has 0 saturated carbocycles. The third-order valence-corrected chi connectivity index (χ3v) is 4.65. The number of hydrogen-bond donors (Lipinski definition) is 0. The van der Waals surface area contributed by atoms with Gasteiger partial charge in [0.25, 0.3) is 0 Å². The zero-order valence-corrected chi connectivity index (χ0v) is 11.3. The molecule has 2 aromatic rings. The molecule has 19 heavy (non-hydrogen) atoms. The SMILES string of the molecule is C[C@@H](c1ccc(F)cc1)[S@@](=O)Cc1ccccc1F. The van der Waals surface area contributed by atoms with Gasteiger partial charge in [-0.3, -0.25) is 4.21 Å². The van der Waals surface area contributed by atoms with Crippen molar-refractivity contribution in [1.82, 2.24) is 0 Å². The lowest BCUT2D eigenvalue weighted by Crippen LogP contribution is -2.06. The van der Waals surface area contributed by atoms with Crippen molar-refractivity contribution in [2.24, 2.45) is 0 Å². The van der Waals surface area contributed by atoms with Crippen LogP contribution in [0.4, 0.5) is 8.78 Å². The van der Waals surface area contributed by atoms with Gasteiger partial charge < -0.3 is 0 Å². The Hall–Kier alpha value is -1.55. The third-order valence-electron chi connectivity index (χ3n) is 2.99. The van der Waals surface area contributed by atoms with Crippen molar-refractivity contribution in [2.45, 2.75) is 17.9 Å². The van der Waals surface area contributed by atoms with E-state index in [1.165, 1.54) is 18.2 Å². The van der Waals surface area contributed by atoms with Crippen LogP contribution >= 0.6 is 0 Å². The first-order valence-electron chi connectivity index (χ1n) is 5.94. The molecule has 2 aromatic carbocycles. The highest BCUT2D eigenvalue weighted by Crippen LogP contribution is 2.23. The fourth-order valence-electron chi connectivity index (χ4n) is 1.78. The molecule has 0 aromatic heterocycles. The van der Waals surface area contributed by atoms with Crippen LogP contribution in [-0.4, -0.2) is 4.21 Å². The zero-order valence-electron chi connectivity index (χ0n) is 10.5. The second kappa shape index (κ2) is 6.06. The molecule has 1 nitrogen and oxygen atoms in total. The van der Waals surface area contributed by atoms with E-state index < -0.39 is 10.8 Å². The molecule has 4 heteroatoms. The first-order valence-corrected chi connectivity index (χ1v) is 7.32. The van der Waals surface area contributed by atoms with E-state index in [2.05, 4.69) is 0 Å². The highest BCUT2D eigenvalue weighted by atomic mass is 32.2. The maximum atomic E-state index is 13.5. The van der Waals surface area contributed by atoms with E-state index in [0.29, 0.717) is 5.56 Å². The standard InChI is InChI=1S/C15H14F2OS/c1-11(12-6-8-14(16)9-7-12)19(18)10-13-4-2-3-5-15(13)17/h2-9,11H,10H2,1H3/t11-,19-/m0/s1. The summed E-state index contributed by atoms with van der Waals surface area (Å²) in [5.41, 5.74) is 1.23. The Morgan fingerprint density at radius 3 is 2.32 bits per heavy atom. The van der Waals surface area contributed by atoms with Crippen molar-refractivity contribution >= 4 is 10.8 Å². The van der Waals surface area contributed by atoms with Gasteiger partial charge in [-0.1, -0.05) is 30.3 Å². The lowest BCUT2D eigenvalue weighted by atomic mass is 10.2. The van der Waals surface area contributed by atoms with Crippen LogP contribution in [0.2, 0.25) is 0 Å². The largest absolute Gasteiger partial charge is 0.259 e. The normalized spacial score (nSPS) is 14.1. The Labute approximate surface area is 113 Å². The van der Waals surface area contributed by atoms with Gasteiger partial charge in [0.05, 0.1) is 11.0 Å². The van der Waals surface area contributed by atoms with Crippen molar-refractivity contribution in [1.29, 1.82) is 0 Å². The summed E-state index contributed by atoms with van der Waals surface area (Å²) in [6.07, 6.45) is 0. The maximum Gasteiger partial charge on any atom is 0.127 e. The Kier molecular flexibility index (Phi) is 4.43. The van der Waals surface area contributed by atoms with Crippen LogP contribution < -0.4 is 0 Å². The van der Waals surface area contributed by atoms with E-state index in [0.717, 1.165) is 5.56 Å². The van der Waals surface area contributed by atoms with Gasteiger partial charge in [-0.15, -0.1) is 0 Å². The highest BCUT2D eigenvalue weighted by molar-refractivity contribution is 7.84. The highest BCUT2D eigenvalue weighted by Gasteiger charge is 2.15. The number of benzene rings is 2. The predicted octanol–water partition coefficient (Wildman–Crippen LogP) is 3.97. The van der Waals surface area contributed by atoms with Crippen LogP contribution in [-0.2, 0) is 16.6 Å². The van der Waals surface area contributed by atoms with Crippen LogP contribution in [0.1, 0.15) is 23.3 Å². The topological polar surface area (TPSA) is 17.1 Å². The smallest absolute Gasteiger partial charge is 0.127 e. The van der Waals surface area contributed by atoms with Crippen molar-refractivity contribution in [3.63, 3.8) is 0 Å². The van der Waals surface area contributed by atoms with Gasteiger partial charge in [-0.25, -0.2) is 8.78 Å². The average molecular weight is 280 g/mol. The first kappa shape index (κ1) is 13.9. The number of rotatable bonds is 4. The molecule has 0 amide bonds. The van der Waals surface area contributed by atoms with Crippen LogP contribution in [0.5, 0.6) is 0 Å². The molecule has 0 heterocycles. The minimum absolute atomic E-state index is 0.158. The zero-order chi connectivity index (χ0) is 13.8. The quantitative estimate of drug-likeness (QED) is 0.828. The van der Waals surface area contributed by atoms with Crippen molar-refractivity contribution in [3.05, 3.63) is 71.3 Å². The second-order valence-electron chi connectivity index (χ2n) is 4.31. The molecule has 0 unspecified atom stereocenters. The summed E-state index contributed by atoms with van der Waals surface area (Å²) in [6, 6.07) is 12.2. The van der Waals surface area contributed by atoms with Gasteiger partial charge in [0.2, 0.25) is 0 Å². The van der Waals surface area contributed by atoms with Crippen molar-refractivity contribution in [3.8, 4) is 0 Å². The van der Waals surface area contributed by atoms with E-state index in [-0.39, 0.29) is 22.6 Å². The van der Waals surface area contributed by atoms with Crippen molar-refractivity contribution in [2.75, 3.05) is 0 Å². The molecule has 0 radical (unpaired) electrons. The molecule has 100 valence electrons. The minimum atomic E-state index is -1.25. The number of hydrogen-bond acceptors (Lipinski definition) is 1. The van der Waals surface area contributed by atoms with E-state index in [4.69, 9.17) is 0 Å². The summed E-state index contributed by atoms with van der Waals surface area (Å²) >= 11 is 0. The summed E-state index contributed by atoms with van der Waals surface area (Å²) < 4.78 is 38.5. The Morgan fingerprint density at radius 1 is 1.05 bits per heavy atom. The van der Waals surface area contributed by atoms with Crippen LogP contribution in [0.3, 0.4) is 0 Å². The van der Waals surface area contributed by atoms with E-state index in [9.17, 15) is 13.0 Å². The van der Waals surface area contributed by atoms with Crippen LogP contribution in [0.15, 0.2) is 48.5 Å². The summed E-state index contributed by atoms with van der Waals surface area (Å²) in [5.74, 6) is -0.511. The molecule has 0 bridgehead atoms. The Morgan fingerprint density at radius 2 is 1.68 bits per heavy atom. The molecule has 0 aliphatic heterocycles. The first-order chi connectivity index (χ1) is 9.08. The van der Waals surface area contributed by atoms with Gasteiger partial charge in [0.1, 0.15) is 11.6 Å². The minimum Gasteiger partial charge on any atom is -0.259 e. The van der Waals surface area contributed by atoms with Gasteiger partial charge in [-0.05, 0) is 30.7 Å². The third kappa shape index (κ3) is 3.47. The molecular formula is C15H14F2OS. The molecule has 2 atom stereocenters. The predicted molar refractivity (Wildman–Crippen MR) is 73.1 cm³/mol. The van der Waals surface area contributed by atoms with Gasteiger partial charge in [0, 0.05) is 16.4 Å². The summed E-state index contributed by atoms with van der Waals surface area (Å²) in [6.45, 7) is 1.80. The molecule has 0 spiro atoms. The van der Waals surface area contributed by atoms with Crippen LogP contribution in [0, 0.1) is 11.6 Å².